The molecule has 0 spiro atoms. The Kier molecular flexibility index (Phi) is 3.18. The zero-order valence-electron chi connectivity index (χ0n) is 9.83. The van der Waals surface area contributed by atoms with Gasteiger partial charge in [-0.1, -0.05) is 0 Å². The van der Waals surface area contributed by atoms with Gasteiger partial charge in [0, 0.05) is 12.2 Å². The summed E-state index contributed by atoms with van der Waals surface area (Å²) in [4.78, 5) is 10.9. The first kappa shape index (κ1) is 12.0. The van der Waals surface area contributed by atoms with Crippen molar-refractivity contribution < 1.29 is 14.6 Å². The van der Waals surface area contributed by atoms with E-state index in [9.17, 15) is 4.79 Å². The molecule has 0 aliphatic carbocycles. The normalized spacial score (nSPS) is 10.3. The van der Waals surface area contributed by atoms with Crippen molar-refractivity contribution in [2.45, 2.75) is 13.5 Å². The maximum Gasteiger partial charge on any atom is 0.337 e. The van der Waals surface area contributed by atoms with Crippen LogP contribution in [0.5, 0.6) is 11.5 Å². The number of carbonyl (C=O) groups is 1. The van der Waals surface area contributed by atoms with Crippen LogP contribution in [0.25, 0.3) is 0 Å². The lowest BCUT2D eigenvalue weighted by Gasteiger charge is -2.05. The predicted molar refractivity (Wildman–Crippen MR) is 65.8 cm³/mol. The number of hydrogen-bond acceptors (Lipinski definition) is 4. The number of nitrogens with zero attached hydrogens (tertiary/aromatic N) is 2. The molecule has 6 heteroatoms. The largest absolute Gasteiger partial charge is 0.478 e. The van der Waals surface area contributed by atoms with Crippen LogP contribution >= 0.6 is 0 Å². The lowest BCUT2D eigenvalue weighted by Crippen LogP contribution is -2.02. The summed E-state index contributed by atoms with van der Waals surface area (Å²) in [5.41, 5.74) is 5.79. The fourth-order valence-corrected chi connectivity index (χ4v) is 1.49. The van der Waals surface area contributed by atoms with E-state index in [0.717, 1.165) is 6.54 Å². The molecule has 0 radical (unpaired) electrons. The lowest BCUT2D eigenvalue weighted by molar-refractivity contribution is 0.0697. The highest BCUT2D eigenvalue weighted by Crippen LogP contribution is 2.24. The SMILES string of the molecule is CCn1cc(Oc2ccc(N)c(C(=O)O)c2)cn1. The average Bonchev–Trinajstić information content (AvgIpc) is 2.79. The zero-order valence-corrected chi connectivity index (χ0v) is 9.83. The van der Waals surface area contributed by atoms with Crippen molar-refractivity contribution in [2.75, 3.05) is 5.73 Å². The van der Waals surface area contributed by atoms with Crippen molar-refractivity contribution in [1.82, 2.24) is 9.78 Å². The van der Waals surface area contributed by atoms with Crippen molar-refractivity contribution in [2.24, 2.45) is 0 Å². The molecule has 0 aliphatic heterocycles. The van der Waals surface area contributed by atoms with Gasteiger partial charge in [0.15, 0.2) is 5.75 Å². The van der Waals surface area contributed by atoms with Crippen LogP contribution < -0.4 is 10.5 Å². The fourth-order valence-electron chi connectivity index (χ4n) is 1.49. The molecule has 94 valence electrons. The summed E-state index contributed by atoms with van der Waals surface area (Å²) in [7, 11) is 0. The smallest absolute Gasteiger partial charge is 0.337 e. The van der Waals surface area contributed by atoms with Gasteiger partial charge in [-0.2, -0.15) is 5.10 Å². The van der Waals surface area contributed by atoms with Crippen molar-refractivity contribution in [3.63, 3.8) is 0 Å². The third kappa shape index (κ3) is 2.42. The first-order chi connectivity index (χ1) is 8.60. The van der Waals surface area contributed by atoms with Gasteiger partial charge in [0.05, 0.1) is 18.0 Å². The number of nitrogen functional groups attached to an aromatic ring is 1. The first-order valence-electron chi connectivity index (χ1n) is 5.43. The van der Waals surface area contributed by atoms with E-state index in [-0.39, 0.29) is 11.3 Å². The quantitative estimate of drug-likeness (QED) is 0.806. The number of aromatic nitrogens is 2. The van der Waals surface area contributed by atoms with Gasteiger partial charge in [0.2, 0.25) is 0 Å². The molecule has 0 atom stereocenters. The van der Waals surface area contributed by atoms with E-state index in [1.54, 1.807) is 23.1 Å². The van der Waals surface area contributed by atoms with Gasteiger partial charge in [0.25, 0.3) is 0 Å². The summed E-state index contributed by atoms with van der Waals surface area (Å²) in [6.07, 6.45) is 3.30. The number of ether oxygens (including phenoxy) is 1. The van der Waals surface area contributed by atoms with Crippen LogP contribution in [0.3, 0.4) is 0 Å². The molecule has 0 unspecified atom stereocenters. The molecule has 1 heterocycles. The Bertz CT molecular complexity index is 578. The van der Waals surface area contributed by atoms with Crippen molar-refractivity contribution in [3.8, 4) is 11.5 Å². The predicted octanol–water partition coefficient (Wildman–Crippen LogP) is 1.98. The van der Waals surface area contributed by atoms with Crippen molar-refractivity contribution in [3.05, 3.63) is 36.2 Å². The Morgan fingerprint density at radius 3 is 2.89 bits per heavy atom. The van der Waals surface area contributed by atoms with Crippen LogP contribution in [0, 0.1) is 0 Å². The van der Waals surface area contributed by atoms with Gasteiger partial charge in [-0.25, -0.2) is 4.79 Å². The van der Waals surface area contributed by atoms with Crippen LogP contribution in [0.1, 0.15) is 17.3 Å². The second-order valence-electron chi connectivity index (χ2n) is 3.69. The van der Waals surface area contributed by atoms with Crippen LogP contribution in [0.4, 0.5) is 5.69 Å². The summed E-state index contributed by atoms with van der Waals surface area (Å²) in [6.45, 7) is 2.70. The van der Waals surface area contributed by atoms with Gasteiger partial charge >= 0.3 is 5.97 Å². The van der Waals surface area contributed by atoms with Gasteiger partial charge in [0.1, 0.15) is 5.75 Å². The maximum atomic E-state index is 10.9. The molecule has 0 fully saturated rings. The fraction of sp³-hybridized carbons (Fsp3) is 0.167. The van der Waals surface area contributed by atoms with Crippen molar-refractivity contribution >= 4 is 11.7 Å². The molecular weight excluding hydrogens is 234 g/mol. The number of hydrogen-bond donors (Lipinski definition) is 2. The number of rotatable bonds is 4. The van der Waals surface area contributed by atoms with Gasteiger partial charge < -0.3 is 15.6 Å². The third-order valence-corrected chi connectivity index (χ3v) is 2.42. The minimum atomic E-state index is -1.08. The molecule has 2 rings (SSSR count). The molecule has 2 aromatic rings. The van der Waals surface area contributed by atoms with Gasteiger partial charge in [-0.15, -0.1) is 0 Å². The summed E-state index contributed by atoms with van der Waals surface area (Å²) >= 11 is 0. The number of benzene rings is 1. The molecule has 1 aromatic heterocycles. The molecule has 0 saturated heterocycles. The molecule has 1 aromatic carbocycles. The van der Waals surface area contributed by atoms with Crippen molar-refractivity contribution in [1.29, 1.82) is 0 Å². The Hall–Kier alpha value is -2.50. The topological polar surface area (TPSA) is 90.4 Å². The van der Waals surface area contributed by atoms with E-state index in [0.29, 0.717) is 11.5 Å². The monoisotopic (exact) mass is 247 g/mol. The van der Waals surface area contributed by atoms with Crippen LogP contribution in [-0.2, 0) is 6.54 Å². The Morgan fingerprint density at radius 1 is 1.50 bits per heavy atom. The molecule has 0 aliphatic rings. The average molecular weight is 247 g/mol. The standard InChI is InChI=1S/C12H13N3O3/c1-2-15-7-9(6-14-15)18-8-3-4-11(13)10(5-8)12(16)17/h3-7H,2,13H2,1H3,(H,16,17). The summed E-state index contributed by atoms with van der Waals surface area (Å²) in [6, 6.07) is 4.51. The molecular formula is C12H13N3O3. The molecule has 6 nitrogen and oxygen atoms in total. The minimum Gasteiger partial charge on any atom is -0.478 e. The summed E-state index contributed by atoms with van der Waals surface area (Å²) < 4.78 is 7.22. The molecule has 18 heavy (non-hydrogen) atoms. The van der Waals surface area contributed by atoms with Crippen LogP contribution in [0.15, 0.2) is 30.6 Å². The van der Waals surface area contributed by atoms with Gasteiger partial charge in [-0.05, 0) is 25.1 Å². The summed E-state index contributed by atoms with van der Waals surface area (Å²) in [5, 5.41) is 13.0. The second-order valence-corrected chi connectivity index (χ2v) is 3.69. The summed E-state index contributed by atoms with van der Waals surface area (Å²) in [5.74, 6) is -0.114. The highest BCUT2D eigenvalue weighted by molar-refractivity contribution is 5.94. The Balaban J connectivity index is 2.24. The molecule has 3 N–H and O–H groups in total. The molecule has 0 amide bonds. The number of carboxylic acids is 1. The number of carboxylic acid groups (broad SMARTS) is 1. The Labute approximate surface area is 104 Å². The number of anilines is 1. The number of aromatic carboxylic acids is 1. The highest BCUT2D eigenvalue weighted by Gasteiger charge is 2.10. The highest BCUT2D eigenvalue weighted by atomic mass is 16.5. The molecule has 0 saturated carbocycles. The third-order valence-electron chi connectivity index (χ3n) is 2.42. The number of aryl methyl sites for hydroxylation is 1. The van der Waals surface area contributed by atoms with E-state index in [4.69, 9.17) is 15.6 Å². The van der Waals surface area contributed by atoms with E-state index >= 15 is 0 Å². The van der Waals surface area contributed by atoms with E-state index in [2.05, 4.69) is 5.10 Å². The van der Waals surface area contributed by atoms with Crippen LogP contribution in [0.2, 0.25) is 0 Å². The Morgan fingerprint density at radius 2 is 2.28 bits per heavy atom. The maximum absolute atomic E-state index is 10.9. The first-order valence-corrected chi connectivity index (χ1v) is 5.43. The van der Waals surface area contributed by atoms with E-state index in [1.165, 1.54) is 12.1 Å². The van der Waals surface area contributed by atoms with E-state index < -0.39 is 5.97 Å². The zero-order chi connectivity index (χ0) is 13.1. The molecule has 0 bridgehead atoms. The minimum absolute atomic E-state index is 0.0235. The van der Waals surface area contributed by atoms with Crippen LogP contribution in [-0.4, -0.2) is 20.9 Å². The lowest BCUT2D eigenvalue weighted by atomic mass is 10.2. The second kappa shape index (κ2) is 4.79. The van der Waals surface area contributed by atoms with Gasteiger partial charge in [-0.3, -0.25) is 4.68 Å². The number of nitrogens with two attached hydrogens (primary N) is 1. The van der Waals surface area contributed by atoms with E-state index in [1.807, 2.05) is 6.92 Å².